The summed E-state index contributed by atoms with van der Waals surface area (Å²) in [5.41, 5.74) is 0.446. The van der Waals surface area contributed by atoms with Crippen molar-refractivity contribution in [1.82, 2.24) is 4.31 Å². The van der Waals surface area contributed by atoms with Gasteiger partial charge in [0.05, 0.1) is 16.0 Å². The molecule has 0 spiro atoms. The van der Waals surface area contributed by atoms with E-state index in [-0.39, 0.29) is 11.1 Å². The molecule has 1 aliphatic rings. The molecule has 0 atom stereocenters. The molecule has 2 rings (SSSR count). The molecule has 0 aliphatic carbocycles. The van der Waals surface area contributed by atoms with Gasteiger partial charge < -0.3 is 0 Å². The van der Waals surface area contributed by atoms with Crippen molar-refractivity contribution in [3.8, 4) is 0 Å². The fraction of sp³-hybridized carbons (Fsp3) is 0.538. The summed E-state index contributed by atoms with van der Waals surface area (Å²) in [4.78, 5) is 0.377. The molecule has 17 heavy (non-hydrogen) atoms. The van der Waals surface area contributed by atoms with E-state index in [1.807, 2.05) is 46.8 Å². The lowest BCUT2D eigenvalue weighted by Gasteiger charge is -2.09. The van der Waals surface area contributed by atoms with Crippen molar-refractivity contribution in [3.05, 3.63) is 29.8 Å². The molecule has 0 bridgehead atoms. The molecule has 0 radical (unpaired) electrons. The Morgan fingerprint density at radius 1 is 0.941 bits per heavy atom. The van der Waals surface area contributed by atoms with Crippen LogP contribution in [0.3, 0.4) is 0 Å². The molecule has 1 saturated heterocycles. The summed E-state index contributed by atoms with van der Waals surface area (Å²) in [6, 6.07) is 7.01. The summed E-state index contributed by atoms with van der Waals surface area (Å²) in [6.07, 6.45) is 0. The Bertz CT molecular complexity index is 527. The molecule has 0 amide bonds. The third kappa shape index (κ3) is 1.62. The Balaban J connectivity index is 2.44. The second-order valence-corrected chi connectivity index (χ2v) is 7.49. The Morgan fingerprint density at radius 3 is 1.71 bits per heavy atom. The van der Waals surface area contributed by atoms with Gasteiger partial charge in [-0.2, -0.15) is 4.31 Å². The molecule has 1 aliphatic heterocycles. The first-order valence-corrected chi connectivity index (χ1v) is 7.18. The van der Waals surface area contributed by atoms with E-state index in [2.05, 4.69) is 0 Å². The zero-order valence-electron chi connectivity index (χ0n) is 11.0. The van der Waals surface area contributed by atoms with Gasteiger partial charge in [0.15, 0.2) is 0 Å². The van der Waals surface area contributed by atoms with Crippen LogP contribution in [0.15, 0.2) is 29.2 Å². The molecular weight excluding hydrogens is 234 g/mol. The predicted molar refractivity (Wildman–Crippen MR) is 68.4 cm³/mol. The minimum absolute atomic E-state index is 0.309. The zero-order valence-corrected chi connectivity index (χ0v) is 11.8. The minimum atomic E-state index is -3.36. The van der Waals surface area contributed by atoms with E-state index >= 15 is 0 Å². The first-order chi connectivity index (χ1) is 7.62. The summed E-state index contributed by atoms with van der Waals surface area (Å²) in [7, 11) is -3.36. The number of hydrogen-bond donors (Lipinski definition) is 0. The van der Waals surface area contributed by atoms with Crippen LogP contribution in [0.2, 0.25) is 0 Å². The zero-order chi connectivity index (χ0) is 13.1. The lowest BCUT2D eigenvalue weighted by atomic mass is 10.0. The van der Waals surface area contributed by atoms with Crippen LogP contribution in [0.1, 0.15) is 33.3 Å². The van der Waals surface area contributed by atoms with Gasteiger partial charge in [-0.25, -0.2) is 8.42 Å². The fourth-order valence-electron chi connectivity index (χ4n) is 2.29. The molecule has 1 fully saturated rings. The predicted octanol–water partition coefficient (Wildman–Crippen LogP) is 2.56. The highest BCUT2D eigenvalue weighted by Gasteiger charge is 2.68. The van der Waals surface area contributed by atoms with E-state index in [9.17, 15) is 8.42 Å². The smallest absolute Gasteiger partial charge is 0.207 e. The molecule has 3 nitrogen and oxygen atoms in total. The standard InChI is InChI=1S/C13H19NO2S/c1-10-6-8-11(9-7-10)17(15,16)14-12(2,3)13(14,4)5/h6-9H,1-5H3. The SMILES string of the molecule is Cc1ccc(S(=O)(=O)N2C(C)(C)C2(C)C)cc1. The third-order valence-electron chi connectivity index (χ3n) is 4.02. The second kappa shape index (κ2) is 3.33. The van der Waals surface area contributed by atoms with E-state index in [0.717, 1.165) is 5.56 Å². The molecule has 1 aromatic rings. The second-order valence-electron chi connectivity index (χ2n) is 5.70. The molecule has 0 unspecified atom stereocenters. The van der Waals surface area contributed by atoms with Gasteiger partial charge in [-0.3, -0.25) is 0 Å². The number of hydrogen-bond acceptors (Lipinski definition) is 2. The highest BCUT2D eigenvalue weighted by molar-refractivity contribution is 7.89. The van der Waals surface area contributed by atoms with Crippen LogP contribution in [0.25, 0.3) is 0 Å². The van der Waals surface area contributed by atoms with Crippen molar-refractivity contribution in [2.24, 2.45) is 0 Å². The van der Waals surface area contributed by atoms with Crippen LogP contribution in [0.4, 0.5) is 0 Å². The Hall–Kier alpha value is -0.870. The van der Waals surface area contributed by atoms with Gasteiger partial charge in [0.25, 0.3) is 0 Å². The quantitative estimate of drug-likeness (QED) is 0.760. The largest absolute Gasteiger partial charge is 0.244 e. The third-order valence-corrected chi connectivity index (χ3v) is 6.28. The lowest BCUT2D eigenvalue weighted by Crippen LogP contribution is -2.19. The van der Waals surface area contributed by atoms with E-state index < -0.39 is 10.0 Å². The van der Waals surface area contributed by atoms with Crippen molar-refractivity contribution >= 4 is 10.0 Å². The van der Waals surface area contributed by atoms with Gasteiger partial charge in [0.1, 0.15) is 0 Å². The summed E-state index contributed by atoms with van der Waals surface area (Å²) < 4.78 is 26.5. The minimum Gasteiger partial charge on any atom is -0.207 e. The van der Waals surface area contributed by atoms with Crippen molar-refractivity contribution < 1.29 is 8.42 Å². The summed E-state index contributed by atoms with van der Waals surface area (Å²) in [5, 5.41) is 0. The summed E-state index contributed by atoms with van der Waals surface area (Å²) in [6.45, 7) is 9.77. The topological polar surface area (TPSA) is 37.1 Å². The maximum absolute atomic E-state index is 12.5. The highest BCUT2D eigenvalue weighted by atomic mass is 32.2. The molecule has 4 heteroatoms. The number of rotatable bonds is 2. The van der Waals surface area contributed by atoms with Gasteiger partial charge >= 0.3 is 0 Å². The average Bonchev–Trinajstić information content (AvgIpc) is 2.58. The maximum atomic E-state index is 12.5. The normalized spacial score (nSPS) is 22.4. The molecule has 0 aromatic heterocycles. The van der Waals surface area contributed by atoms with Crippen LogP contribution in [-0.4, -0.2) is 23.8 Å². The van der Waals surface area contributed by atoms with Gasteiger partial charge in [0, 0.05) is 0 Å². The van der Waals surface area contributed by atoms with Crippen LogP contribution in [0.5, 0.6) is 0 Å². The van der Waals surface area contributed by atoms with Crippen molar-refractivity contribution in [1.29, 1.82) is 0 Å². The Labute approximate surface area is 104 Å². The number of sulfonamides is 1. The Kier molecular flexibility index (Phi) is 2.46. The Morgan fingerprint density at radius 2 is 1.35 bits per heavy atom. The van der Waals surface area contributed by atoms with Crippen LogP contribution in [-0.2, 0) is 10.0 Å². The van der Waals surface area contributed by atoms with E-state index in [4.69, 9.17) is 0 Å². The summed E-state index contributed by atoms with van der Waals surface area (Å²) >= 11 is 0. The molecule has 1 heterocycles. The van der Waals surface area contributed by atoms with Crippen LogP contribution in [0, 0.1) is 6.92 Å². The first-order valence-electron chi connectivity index (χ1n) is 5.74. The molecule has 1 aromatic carbocycles. The van der Waals surface area contributed by atoms with Crippen molar-refractivity contribution in [2.45, 2.75) is 50.6 Å². The highest BCUT2D eigenvalue weighted by Crippen LogP contribution is 2.54. The molecule has 0 saturated carbocycles. The fourth-order valence-corrected chi connectivity index (χ4v) is 4.59. The molecule has 94 valence electrons. The lowest BCUT2D eigenvalue weighted by molar-refractivity contribution is 0.519. The number of nitrogens with zero attached hydrogens (tertiary/aromatic N) is 1. The monoisotopic (exact) mass is 253 g/mol. The van der Waals surface area contributed by atoms with Crippen LogP contribution < -0.4 is 0 Å². The number of benzene rings is 1. The van der Waals surface area contributed by atoms with Gasteiger partial charge in [-0.05, 0) is 46.8 Å². The maximum Gasteiger partial charge on any atom is 0.244 e. The molecular formula is C13H19NO2S. The average molecular weight is 253 g/mol. The number of aryl methyl sites for hydroxylation is 1. The van der Waals surface area contributed by atoms with Gasteiger partial charge in [0.2, 0.25) is 10.0 Å². The van der Waals surface area contributed by atoms with E-state index in [0.29, 0.717) is 4.90 Å². The van der Waals surface area contributed by atoms with Gasteiger partial charge in [-0.1, -0.05) is 17.7 Å². The van der Waals surface area contributed by atoms with Gasteiger partial charge in [-0.15, -0.1) is 0 Å². The molecule has 0 N–H and O–H groups in total. The van der Waals surface area contributed by atoms with E-state index in [1.54, 1.807) is 16.4 Å². The van der Waals surface area contributed by atoms with Crippen LogP contribution >= 0.6 is 0 Å². The van der Waals surface area contributed by atoms with E-state index in [1.165, 1.54) is 0 Å². The van der Waals surface area contributed by atoms with Crippen molar-refractivity contribution in [2.75, 3.05) is 0 Å². The van der Waals surface area contributed by atoms with Crippen molar-refractivity contribution in [3.63, 3.8) is 0 Å². The first kappa shape index (κ1) is 12.6. The summed E-state index contributed by atoms with van der Waals surface area (Å²) in [5.74, 6) is 0.